The molecule has 0 saturated heterocycles. The molecule has 0 amide bonds. The molecule has 5 aliphatic rings. The van der Waals surface area contributed by atoms with Crippen LogP contribution in [0.15, 0.2) is 11.6 Å². The van der Waals surface area contributed by atoms with E-state index in [0.717, 1.165) is 51.4 Å². The van der Waals surface area contributed by atoms with Crippen molar-refractivity contribution in [3.63, 3.8) is 0 Å². The van der Waals surface area contributed by atoms with Gasteiger partial charge in [0.15, 0.2) is 5.78 Å². The number of rotatable bonds is 1. The third-order valence-electron chi connectivity index (χ3n) is 13.1. The minimum atomic E-state index is -0.711. The standard InChI is InChI=1S/C30H46O4/c1-25(2)21-8-11-30(7)23(28(21,5)10-9-22(25)32)20(31)16-18-19-17-27(4,24(33)34)13-12-26(19,3)14-15-29(18,30)6/h16,19,21-23,32H,8-15,17H2,1-7H3,(H,33,34)/t19?,21?,22-,23+,26+,27+,28-,29+,30+/m0/s1. The van der Waals surface area contributed by atoms with Crippen molar-refractivity contribution in [2.45, 2.75) is 112 Å². The number of carbonyl (C=O) groups is 2. The van der Waals surface area contributed by atoms with Gasteiger partial charge >= 0.3 is 5.97 Å². The maximum Gasteiger partial charge on any atom is 0.309 e. The Balaban J connectivity index is 1.62. The van der Waals surface area contributed by atoms with E-state index in [4.69, 9.17) is 0 Å². The Bertz CT molecular complexity index is 965. The molecule has 0 heterocycles. The Kier molecular flexibility index (Phi) is 5.04. The first kappa shape index (κ1) is 24.5. The summed E-state index contributed by atoms with van der Waals surface area (Å²) < 4.78 is 0. The number of aliphatic carboxylic acids is 1. The molecule has 4 nitrogen and oxygen atoms in total. The van der Waals surface area contributed by atoms with Crippen LogP contribution in [0, 0.1) is 50.2 Å². The Hall–Kier alpha value is -1.16. The molecule has 0 aromatic rings. The molecule has 190 valence electrons. The number of carboxylic acid groups (broad SMARTS) is 1. The van der Waals surface area contributed by atoms with Gasteiger partial charge in [0, 0.05) is 5.92 Å². The van der Waals surface area contributed by atoms with Gasteiger partial charge in [0.25, 0.3) is 0 Å². The maximum absolute atomic E-state index is 14.2. The molecule has 0 aromatic carbocycles. The van der Waals surface area contributed by atoms with E-state index >= 15 is 0 Å². The Morgan fingerprint density at radius 3 is 2.21 bits per heavy atom. The van der Waals surface area contributed by atoms with E-state index in [9.17, 15) is 19.8 Å². The lowest BCUT2D eigenvalue weighted by Crippen LogP contribution is -2.66. The second-order valence-corrected chi connectivity index (χ2v) is 14.9. The Morgan fingerprint density at radius 1 is 0.912 bits per heavy atom. The number of carbonyl (C=O) groups excluding carboxylic acids is 1. The van der Waals surface area contributed by atoms with Gasteiger partial charge in [-0.3, -0.25) is 9.59 Å². The summed E-state index contributed by atoms with van der Waals surface area (Å²) in [6.45, 7) is 15.8. The van der Waals surface area contributed by atoms with Gasteiger partial charge in [-0.1, -0.05) is 47.1 Å². The first-order chi connectivity index (χ1) is 15.6. The van der Waals surface area contributed by atoms with Crippen molar-refractivity contribution in [1.82, 2.24) is 0 Å². The molecular formula is C30H46O4. The number of aliphatic hydroxyl groups excluding tert-OH is 1. The van der Waals surface area contributed by atoms with Crippen LogP contribution in [0.4, 0.5) is 0 Å². The molecular weight excluding hydrogens is 424 g/mol. The zero-order chi connectivity index (χ0) is 25.1. The number of carboxylic acids is 1. The predicted octanol–water partition coefficient (Wildman–Crippen LogP) is 6.41. The summed E-state index contributed by atoms with van der Waals surface area (Å²) in [5.41, 5.74) is 0.142. The number of aliphatic hydroxyl groups is 1. The van der Waals surface area contributed by atoms with Crippen molar-refractivity contribution in [3.05, 3.63) is 11.6 Å². The first-order valence-electron chi connectivity index (χ1n) is 13.7. The number of hydrogen-bond acceptors (Lipinski definition) is 3. The summed E-state index contributed by atoms with van der Waals surface area (Å²) in [7, 11) is 0. The molecule has 34 heavy (non-hydrogen) atoms. The summed E-state index contributed by atoms with van der Waals surface area (Å²) in [5.74, 6) is 0.0603. The molecule has 0 spiro atoms. The third kappa shape index (κ3) is 2.81. The molecule has 4 fully saturated rings. The molecule has 4 saturated carbocycles. The SMILES string of the molecule is CC1(C)C2CC[C@]3(C)[C@H](C(=O)C=C4C5C[C@](C)(C(=O)O)CC[C@]5(C)CC[C@]43C)[C@@]2(C)CC[C@@H]1O. The van der Waals surface area contributed by atoms with Crippen molar-refractivity contribution >= 4 is 11.8 Å². The number of fused-ring (bicyclic) bond motifs is 7. The highest BCUT2D eigenvalue weighted by molar-refractivity contribution is 5.95. The molecule has 0 radical (unpaired) electrons. The molecule has 0 aromatic heterocycles. The van der Waals surface area contributed by atoms with Crippen LogP contribution in [0.3, 0.4) is 0 Å². The lowest BCUT2D eigenvalue weighted by Gasteiger charge is -2.70. The van der Waals surface area contributed by atoms with Gasteiger partial charge in [-0.2, -0.15) is 0 Å². The highest BCUT2D eigenvalue weighted by Crippen LogP contribution is 2.75. The van der Waals surface area contributed by atoms with Crippen LogP contribution in [0.25, 0.3) is 0 Å². The van der Waals surface area contributed by atoms with Crippen molar-refractivity contribution in [3.8, 4) is 0 Å². The molecule has 0 aliphatic heterocycles. The topological polar surface area (TPSA) is 74.6 Å². The third-order valence-corrected chi connectivity index (χ3v) is 13.1. The average Bonchev–Trinajstić information content (AvgIpc) is 2.73. The Morgan fingerprint density at radius 2 is 1.56 bits per heavy atom. The van der Waals surface area contributed by atoms with Crippen LogP contribution in [-0.2, 0) is 9.59 Å². The molecule has 2 N–H and O–H groups in total. The van der Waals surface area contributed by atoms with Crippen LogP contribution in [-0.4, -0.2) is 28.1 Å². The van der Waals surface area contributed by atoms with Crippen molar-refractivity contribution in [2.24, 2.45) is 50.2 Å². The number of ketones is 1. The minimum absolute atomic E-state index is 0.0296. The van der Waals surface area contributed by atoms with E-state index in [2.05, 4.69) is 41.5 Å². The molecule has 5 rings (SSSR count). The van der Waals surface area contributed by atoms with Crippen LogP contribution >= 0.6 is 0 Å². The maximum atomic E-state index is 14.2. The van der Waals surface area contributed by atoms with Crippen molar-refractivity contribution in [2.75, 3.05) is 0 Å². The molecule has 2 unspecified atom stereocenters. The van der Waals surface area contributed by atoms with Crippen LogP contribution in [0.1, 0.15) is 106 Å². The number of hydrogen-bond donors (Lipinski definition) is 2. The normalized spacial score (nSPS) is 54.1. The molecule has 5 aliphatic carbocycles. The van der Waals surface area contributed by atoms with E-state index in [0.29, 0.717) is 12.3 Å². The summed E-state index contributed by atoms with van der Waals surface area (Å²) >= 11 is 0. The average molecular weight is 471 g/mol. The monoisotopic (exact) mass is 470 g/mol. The lowest BCUT2D eigenvalue weighted by atomic mass is 9.33. The van der Waals surface area contributed by atoms with E-state index in [1.165, 1.54) is 5.57 Å². The zero-order valence-corrected chi connectivity index (χ0v) is 22.5. The minimum Gasteiger partial charge on any atom is -0.481 e. The van der Waals surface area contributed by atoms with E-state index in [1.807, 2.05) is 13.0 Å². The van der Waals surface area contributed by atoms with Gasteiger partial charge in [-0.15, -0.1) is 0 Å². The first-order valence-corrected chi connectivity index (χ1v) is 13.7. The van der Waals surface area contributed by atoms with Crippen molar-refractivity contribution < 1.29 is 19.8 Å². The second kappa shape index (κ2) is 6.99. The Labute approximate surface area is 206 Å². The van der Waals surface area contributed by atoms with Gasteiger partial charge in [0.2, 0.25) is 0 Å². The summed E-state index contributed by atoms with van der Waals surface area (Å²) in [6, 6.07) is 0. The largest absolute Gasteiger partial charge is 0.481 e. The van der Waals surface area contributed by atoms with Gasteiger partial charge in [0.05, 0.1) is 11.5 Å². The van der Waals surface area contributed by atoms with Gasteiger partial charge in [0.1, 0.15) is 0 Å². The molecule has 4 heteroatoms. The van der Waals surface area contributed by atoms with Crippen LogP contribution < -0.4 is 0 Å². The smallest absolute Gasteiger partial charge is 0.309 e. The van der Waals surface area contributed by atoms with E-state index in [1.54, 1.807) is 0 Å². The fraction of sp³-hybridized carbons (Fsp3) is 0.867. The van der Waals surface area contributed by atoms with Crippen molar-refractivity contribution in [1.29, 1.82) is 0 Å². The fourth-order valence-corrected chi connectivity index (χ4v) is 10.4. The summed E-state index contributed by atoms with van der Waals surface area (Å²) in [4.78, 5) is 26.4. The lowest BCUT2D eigenvalue weighted by molar-refractivity contribution is -0.202. The number of allylic oxidation sites excluding steroid dienone is 2. The fourth-order valence-electron chi connectivity index (χ4n) is 10.4. The molecule has 0 bridgehead atoms. The van der Waals surface area contributed by atoms with E-state index in [-0.39, 0.29) is 50.8 Å². The summed E-state index contributed by atoms with van der Waals surface area (Å²) in [5, 5.41) is 20.9. The second-order valence-electron chi connectivity index (χ2n) is 14.9. The summed E-state index contributed by atoms with van der Waals surface area (Å²) in [6.07, 6.45) is 9.95. The quantitative estimate of drug-likeness (QED) is 0.464. The predicted molar refractivity (Wildman–Crippen MR) is 133 cm³/mol. The van der Waals surface area contributed by atoms with Crippen LogP contribution in [0.5, 0.6) is 0 Å². The van der Waals surface area contributed by atoms with E-state index < -0.39 is 11.4 Å². The highest BCUT2D eigenvalue weighted by atomic mass is 16.4. The van der Waals surface area contributed by atoms with Gasteiger partial charge in [-0.05, 0) is 110 Å². The molecule has 9 atom stereocenters. The van der Waals surface area contributed by atoms with Gasteiger partial charge in [-0.25, -0.2) is 0 Å². The zero-order valence-electron chi connectivity index (χ0n) is 22.5. The van der Waals surface area contributed by atoms with Gasteiger partial charge < -0.3 is 10.2 Å². The van der Waals surface area contributed by atoms with Crippen LogP contribution in [0.2, 0.25) is 0 Å². The highest BCUT2D eigenvalue weighted by Gasteiger charge is 2.70.